The van der Waals surface area contributed by atoms with E-state index >= 15 is 0 Å². The maximum absolute atomic E-state index is 13.5. The third kappa shape index (κ3) is 5.40. The van der Waals surface area contributed by atoms with Gasteiger partial charge in [-0.2, -0.15) is 0 Å². The Labute approximate surface area is 179 Å². The molecule has 0 saturated heterocycles. The van der Waals surface area contributed by atoms with Crippen LogP contribution in [-0.4, -0.2) is 59.3 Å². The molecule has 0 bridgehead atoms. The first-order valence-corrected chi connectivity index (χ1v) is 10.7. The van der Waals surface area contributed by atoms with E-state index in [0.717, 1.165) is 10.5 Å². The number of carbonyl (C=O) groups is 3. The number of esters is 1. The number of thioether (sulfide) groups is 1. The van der Waals surface area contributed by atoms with Crippen LogP contribution >= 0.6 is 11.8 Å². The number of carboxylic acid groups (broad SMARTS) is 1. The molecule has 7 nitrogen and oxygen atoms in total. The topological polar surface area (TPSA) is 87.2 Å². The van der Waals surface area contributed by atoms with Gasteiger partial charge in [0.2, 0.25) is 5.91 Å². The highest BCUT2D eigenvalue weighted by atomic mass is 32.2. The molecule has 1 aliphatic heterocycles. The molecule has 158 valence electrons. The number of ether oxygens (including phenoxy) is 1. The number of carboxylic acids is 1. The number of anilines is 1. The lowest BCUT2D eigenvalue weighted by molar-refractivity contribution is -0.146. The summed E-state index contributed by atoms with van der Waals surface area (Å²) in [5.74, 6) is -1.45. The van der Waals surface area contributed by atoms with Gasteiger partial charge in [-0.05, 0) is 24.6 Å². The van der Waals surface area contributed by atoms with Gasteiger partial charge in [0.25, 0.3) is 0 Å². The Kier molecular flexibility index (Phi) is 7.48. The lowest BCUT2D eigenvalue weighted by atomic mass is 10.1. The molecule has 3 rings (SSSR count). The first-order valence-electron chi connectivity index (χ1n) is 9.68. The number of rotatable bonds is 8. The maximum atomic E-state index is 13.5. The van der Waals surface area contributed by atoms with Crippen LogP contribution in [0, 0.1) is 0 Å². The quantitative estimate of drug-likeness (QED) is 0.647. The Balaban J connectivity index is 1.93. The number of nitrogens with zero attached hydrogens (tertiary/aromatic N) is 2. The van der Waals surface area contributed by atoms with Crippen LogP contribution in [-0.2, 0) is 25.7 Å². The average molecular weight is 429 g/mol. The van der Waals surface area contributed by atoms with Crippen molar-refractivity contribution in [2.24, 2.45) is 0 Å². The van der Waals surface area contributed by atoms with Crippen LogP contribution in [0.1, 0.15) is 12.5 Å². The molecule has 1 atom stereocenters. The van der Waals surface area contributed by atoms with E-state index in [1.807, 2.05) is 42.5 Å². The minimum absolute atomic E-state index is 0.0586. The molecule has 0 aromatic heterocycles. The molecule has 2 aromatic rings. The van der Waals surface area contributed by atoms with Crippen molar-refractivity contribution in [3.8, 4) is 0 Å². The Morgan fingerprint density at radius 3 is 2.57 bits per heavy atom. The molecule has 0 aliphatic carbocycles. The monoisotopic (exact) mass is 428 g/mol. The predicted molar refractivity (Wildman–Crippen MR) is 114 cm³/mol. The summed E-state index contributed by atoms with van der Waals surface area (Å²) in [5.41, 5.74) is 1.53. The first kappa shape index (κ1) is 21.9. The fourth-order valence-corrected chi connectivity index (χ4v) is 4.56. The zero-order valence-electron chi connectivity index (χ0n) is 16.7. The second-order valence-corrected chi connectivity index (χ2v) is 7.87. The second kappa shape index (κ2) is 10.3. The summed E-state index contributed by atoms with van der Waals surface area (Å²) in [5, 5.41) is 9.39. The van der Waals surface area contributed by atoms with Gasteiger partial charge in [-0.1, -0.05) is 42.5 Å². The molecule has 1 amide bonds. The highest BCUT2D eigenvalue weighted by Crippen LogP contribution is 2.35. The Morgan fingerprint density at radius 2 is 1.87 bits per heavy atom. The normalized spacial score (nSPS) is 16.1. The summed E-state index contributed by atoms with van der Waals surface area (Å²) in [6.07, 6.45) is 0. The SMILES string of the molecule is CCOC(=O)CN(Cc1ccccc1)[C@H]1CSc2ccccc2N(CC(=O)O)C1=O. The van der Waals surface area contributed by atoms with E-state index in [1.54, 1.807) is 24.0 Å². The zero-order valence-corrected chi connectivity index (χ0v) is 17.5. The summed E-state index contributed by atoms with van der Waals surface area (Å²) < 4.78 is 5.11. The minimum atomic E-state index is -1.09. The van der Waals surface area contributed by atoms with Gasteiger partial charge in [0.1, 0.15) is 6.54 Å². The highest BCUT2D eigenvalue weighted by molar-refractivity contribution is 7.99. The molecule has 1 heterocycles. The number of hydrogen-bond acceptors (Lipinski definition) is 6. The van der Waals surface area contributed by atoms with Gasteiger partial charge in [0.15, 0.2) is 0 Å². The Hall–Kier alpha value is -2.84. The molecular weight excluding hydrogens is 404 g/mol. The molecule has 2 aromatic carbocycles. The number of aliphatic carboxylic acids is 1. The summed E-state index contributed by atoms with van der Waals surface area (Å²) in [6, 6.07) is 16.1. The molecule has 0 fully saturated rings. The Bertz CT molecular complexity index is 905. The van der Waals surface area contributed by atoms with Crippen LogP contribution in [0.25, 0.3) is 0 Å². The summed E-state index contributed by atoms with van der Waals surface area (Å²) in [4.78, 5) is 41.1. The molecular formula is C22H24N2O5S. The lowest BCUT2D eigenvalue weighted by Gasteiger charge is -2.31. The standard InChI is InChI=1S/C22H24N2O5S/c1-2-29-21(27)14-23(12-16-8-4-3-5-9-16)18-15-30-19-11-7-6-10-17(19)24(22(18)28)13-20(25)26/h3-11,18H,2,12-15H2,1H3,(H,25,26)/t18-/m0/s1. The minimum Gasteiger partial charge on any atom is -0.480 e. The van der Waals surface area contributed by atoms with Crippen LogP contribution < -0.4 is 4.90 Å². The van der Waals surface area contributed by atoms with Gasteiger partial charge < -0.3 is 9.84 Å². The largest absolute Gasteiger partial charge is 0.480 e. The van der Waals surface area contributed by atoms with Crippen molar-refractivity contribution in [1.82, 2.24) is 4.90 Å². The molecule has 0 saturated carbocycles. The number of fused-ring (bicyclic) bond motifs is 1. The summed E-state index contributed by atoms with van der Waals surface area (Å²) in [7, 11) is 0. The maximum Gasteiger partial charge on any atom is 0.323 e. The second-order valence-electron chi connectivity index (χ2n) is 6.81. The summed E-state index contributed by atoms with van der Waals surface area (Å²) in [6.45, 7) is 1.86. The van der Waals surface area contributed by atoms with Gasteiger partial charge in [-0.3, -0.25) is 24.2 Å². The van der Waals surface area contributed by atoms with Crippen LogP contribution in [0.15, 0.2) is 59.5 Å². The van der Waals surface area contributed by atoms with E-state index in [9.17, 15) is 19.5 Å². The first-order chi connectivity index (χ1) is 14.5. The third-order valence-corrected chi connectivity index (χ3v) is 5.84. The van der Waals surface area contributed by atoms with Crippen LogP contribution in [0.4, 0.5) is 5.69 Å². The van der Waals surface area contributed by atoms with E-state index in [0.29, 0.717) is 18.0 Å². The molecule has 0 unspecified atom stereocenters. The van der Waals surface area contributed by atoms with Gasteiger partial charge in [0, 0.05) is 17.2 Å². The smallest absolute Gasteiger partial charge is 0.323 e. The number of para-hydroxylation sites is 1. The summed E-state index contributed by atoms with van der Waals surface area (Å²) >= 11 is 1.48. The van der Waals surface area contributed by atoms with Crippen molar-refractivity contribution in [2.45, 2.75) is 24.4 Å². The molecule has 1 N–H and O–H groups in total. The van der Waals surface area contributed by atoms with Crippen molar-refractivity contribution >= 4 is 35.3 Å². The van der Waals surface area contributed by atoms with Crippen molar-refractivity contribution < 1.29 is 24.2 Å². The predicted octanol–water partition coefficient (Wildman–Crippen LogP) is 2.64. The van der Waals surface area contributed by atoms with Gasteiger partial charge in [0.05, 0.1) is 24.9 Å². The number of carbonyl (C=O) groups excluding carboxylic acids is 2. The van der Waals surface area contributed by atoms with Crippen molar-refractivity contribution in [1.29, 1.82) is 0 Å². The number of hydrogen-bond donors (Lipinski definition) is 1. The van der Waals surface area contributed by atoms with E-state index in [-0.39, 0.29) is 19.1 Å². The highest BCUT2D eigenvalue weighted by Gasteiger charge is 2.36. The van der Waals surface area contributed by atoms with Crippen molar-refractivity contribution in [3.63, 3.8) is 0 Å². The number of benzene rings is 2. The third-order valence-electron chi connectivity index (χ3n) is 4.70. The Morgan fingerprint density at radius 1 is 1.17 bits per heavy atom. The average Bonchev–Trinajstić information content (AvgIpc) is 2.85. The van der Waals surface area contributed by atoms with E-state index < -0.39 is 24.5 Å². The van der Waals surface area contributed by atoms with Crippen LogP contribution in [0.2, 0.25) is 0 Å². The molecule has 0 spiro atoms. The molecule has 1 aliphatic rings. The fourth-order valence-electron chi connectivity index (χ4n) is 3.37. The van der Waals surface area contributed by atoms with Crippen molar-refractivity contribution in [2.75, 3.05) is 30.3 Å². The fraction of sp³-hybridized carbons (Fsp3) is 0.318. The van der Waals surface area contributed by atoms with E-state index in [2.05, 4.69) is 0 Å². The molecule has 8 heteroatoms. The molecule has 0 radical (unpaired) electrons. The molecule has 30 heavy (non-hydrogen) atoms. The van der Waals surface area contributed by atoms with Gasteiger partial charge in [-0.25, -0.2) is 0 Å². The zero-order chi connectivity index (χ0) is 21.5. The van der Waals surface area contributed by atoms with Crippen LogP contribution in [0.3, 0.4) is 0 Å². The number of amides is 1. The van der Waals surface area contributed by atoms with Crippen molar-refractivity contribution in [3.05, 3.63) is 60.2 Å². The van der Waals surface area contributed by atoms with Gasteiger partial charge >= 0.3 is 11.9 Å². The van der Waals surface area contributed by atoms with E-state index in [1.165, 1.54) is 16.7 Å². The van der Waals surface area contributed by atoms with Gasteiger partial charge in [-0.15, -0.1) is 11.8 Å². The van der Waals surface area contributed by atoms with E-state index in [4.69, 9.17) is 4.74 Å². The van der Waals surface area contributed by atoms with Crippen LogP contribution in [0.5, 0.6) is 0 Å². The lowest BCUT2D eigenvalue weighted by Crippen LogP contribution is -2.52.